The van der Waals surface area contributed by atoms with Crippen LogP contribution < -0.4 is 10.5 Å². The first kappa shape index (κ1) is 16.9. The maximum Gasteiger partial charge on any atom is 0.120 e. The fraction of sp³-hybridized carbons (Fsp3) is 0.533. The fourth-order valence-electron chi connectivity index (χ4n) is 1.89. The van der Waals surface area contributed by atoms with Crippen LogP contribution in [0.1, 0.15) is 25.3 Å². The maximum absolute atomic E-state index is 9.04. The minimum Gasteiger partial charge on any atom is -0.492 e. The van der Waals surface area contributed by atoms with Gasteiger partial charge in [0.1, 0.15) is 17.3 Å². The zero-order chi connectivity index (χ0) is 14.8. The molecule has 0 aliphatic heterocycles. The Bertz CT molecular complexity index is 413. The van der Waals surface area contributed by atoms with Gasteiger partial charge in [0.25, 0.3) is 0 Å². The lowest BCUT2D eigenvalue weighted by molar-refractivity contribution is 0.167. The number of hydrogen-bond donors (Lipinski definition) is 2. The predicted octanol–water partition coefficient (Wildman–Crippen LogP) is 1.79. The van der Waals surface area contributed by atoms with Crippen LogP contribution in [0.25, 0.3) is 0 Å². The molecule has 0 atom stereocenters. The molecule has 1 aromatic rings. The molecule has 20 heavy (non-hydrogen) atoms. The molecule has 4 nitrogen and oxygen atoms in total. The van der Waals surface area contributed by atoms with Gasteiger partial charge in [0.2, 0.25) is 0 Å². The van der Waals surface area contributed by atoms with Crippen LogP contribution in [0, 0.1) is 0 Å². The predicted molar refractivity (Wildman–Crippen MR) is 86.3 cm³/mol. The summed E-state index contributed by atoms with van der Waals surface area (Å²) in [4.78, 5) is 2.58. The summed E-state index contributed by atoms with van der Waals surface area (Å²) in [6.45, 7) is 5.42. The first-order valence-electron chi connectivity index (χ1n) is 7.03. The Kier molecular flexibility index (Phi) is 8.18. The molecule has 3 N–H and O–H groups in total. The Morgan fingerprint density at radius 1 is 1.35 bits per heavy atom. The number of aliphatic hydroxyl groups is 1. The number of nitrogens with two attached hydrogens (primary N) is 1. The molecule has 0 aromatic heterocycles. The topological polar surface area (TPSA) is 58.7 Å². The second-order valence-corrected chi connectivity index (χ2v) is 5.10. The molecule has 0 saturated carbocycles. The van der Waals surface area contributed by atoms with E-state index in [1.165, 1.54) is 0 Å². The molecule has 0 aliphatic carbocycles. The van der Waals surface area contributed by atoms with Gasteiger partial charge in [-0.25, -0.2) is 0 Å². The third kappa shape index (κ3) is 6.32. The molecule has 5 heteroatoms. The normalized spacial score (nSPS) is 10.8. The van der Waals surface area contributed by atoms with Crippen molar-refractivity contribution in [2.24, 2.45) is 5.73 Å². The largest absolute Gasteiger partial charge is 0.492 e. The molecule has 0 amide bonds. The number of aliphatic hydroxyl groups excluding tert-OH is 1. The van der Waals surface area contributed by atoms with Crippen molar-refractivity contribution < 1.29 is 9.84 Å². The van der Waals surface area contributed by atoms with Crippen molar-refractivity contribution >= 4 is 17.2 Å². The van der Waals surface area contributed by atoms with E-state index in [-0.39, 0.29) is 6.61 Å². The van der Waals surface area contributed by atoms with E-state index in [0.29, 0.717) is 18.1 Å². The van der Waals surface area contributed by atoms with Gasteiger partial charge in [-0.3, -0.25) is 4.90 Å². The molecule has 0 spiro atoms. The number of thiocarbonyl (C=S) groups is 1. The van der Waals surface area contributed by atoms with Gasteiger partial charge >= 0.3 is 0 Å². The lowest BCUT2D eigenvalue weighted by Gasteiger charge is -2.21. The lowest BCUT2D eigenvalue weighted by Crippen LogP contribution is -2.32. The van der Waals surface area contributed by atoms with Gasteiger partial charge in [-0.05, 0) is 25.1 Å². The summed E-state index contributed by atoms with van der Waals surface area (Å²) in [7, 11) is 0. The van der Waals surface area contributed by atoms with Crippen LogP contribution in [0.2, 0.25) is 0 Å². The lowest BCUT2D eigenvalue weighted by atomic mass is 10.2. The van der Waals surface area contributed by atoms with E-state index in [1.54, 1.807) is 0 Å². The standard InChI is InChI=1S/C15H24N2O2S/c1-2-3-7-17(8-10-18)9-11-19-14-6-4-5-13(12-14)15(16)20/h4-6,12,18H,2-3,7-11H2,1H3,(H2,16,20). The molecule has 1 aromatic carbocycles. The van der Waals surface area contributed by atoms with E-state index in [2.05, 4.69) is 11.8 Å². The van der Waals surface area contributed by atoms with Crippen LogP contribution in [-0.2, 0) is 0 Å². The van der Waals surface area contributed by atoms with E-state index in [4.69, 9.17) is 27.8 Å². The molecular formula is C15H24N2O2S. The molecule has 112 valence electrons. The van der Waals surface area contributed by atoms with Crippen LogP contribution in [0.3, 0.4) is 0 Å². The molecular weight excluding hydrogens is 272 g/mol. The van der Waals surface area contributed by atoms with E-state index in [1.807, 2.05) is 24.3 Å². The third-order valence-electron chi connectivity index (χ3n) is 3.04. The van der Waals surface area contributed by atoms with Crippen LogP contribution >= 0.6 is 12.2 Å². The molecule has 0 heterocycles. The second kappa shape index (κ2) is 9.69. The Hall–Kier alpha value is -1.17. The minimum absolute atomic E-state index is 0.181. The Morgan fingerprint density at radius 3 is 2.80 bits per heavy atom. The van der Waals surface area contributed by atoms with Crippen molar-refractivity contribution in [3.63, 3.8) is 0 Å². The van der Waals surface area contributed by atoms with Crippen LogP contribution in [-0.4, -0.2) is 47.8 Å². The number of ether oxygens (including phenoxy) is 1. The Balaban J connectivity index is 2.41. The zero-order valence-corrected chi connectivity index (χ0v) is 12.9. The number of rotatable bonds is 10. The quantitative estimate of drug-likeness (QED) is 0.645. The molecule has 0 aliphatic rings. The van der Waals surface area contributed by atoms with Crippen molar-refractivity contribution in [1.82, 2.24) is 4.90 Å². The molecule has 0 bridgehead atoms. The Labute approximate surface area is 126 Å². The highest BCUT2D eigenvalue weighted by atomic mass is 32.1. The SMILES string of the molecule is CCCCN(CCO)CCOc1cccc(C(N)=S)c1. The van der Waals surface area contributed by atoms with Gasteiger partial charge < -0.3 is 15.6 Å². The van der Waals surface area contributed by atoms with E-state index < -0.39 is 0 Å². The number of hydrogen-bond acceptors (Lipinski definition) is 4. The first-order valence-corrected chi connectivity index (χ1v) is 7.44. The summed E-state index contributed by atoms with van der Waals surface area (Å²) in [5, 5.41) is 9.04. The zero-order valence-electron chi connectivity index (χ0n) is 12.0. The Morgan fingerprint density at radius 2 is 2.15 bits per heavy atom. The van der Waals surface area contributed by atoms with Crippen molar-refractivity contribution in [2.75, 3.05) is 32.8 Å². The fourth-order valence-corrected chi connectivity index (χ4v) is 2.02. The van der Waals surface area contributed by atoms with Gasteiger partial charge in [0.15, 0.2) is 0 Å². The van der Waals surface area contributed by atoms with Crippen molar-refractivity contribution in [3.05, 3.63) is 29.8 Å². The smallest absolute Gasteiger partial charge is 0.120 e. The summed E-state index contributed by atoms with van der Waals surface area (Å²) in [5.41, 5.74) is 6.41. The van der Waals surface area contributed by atoms with Crippen molar-refractivity contribution in [2.45, 2.75) is 19.8 Å². The van der Waals surface area contributed by atoms with E-state index in [9.17, 15) is 0 Å². The van der Waals surface area contributed by atoms with Crippen LogP contribution in [0.4, 0.5) is 0 Å². The number of unbranched alkanes of at least 4 members (excludes halogenated alkanes) is 1. The molecule has 1 rings (SSSR count). The highest BCUT2D eigenvalue weighted by Crippen LogP contribution is 2.13. The summed E-state index contributed by atoms with van der Waals surface area (Å²) in [6, 6.07) is 7.50. The number of benzene rings is 1. The van der Waals surface area contributed by atoms with Crippen molar-refractivity contribution in [3.8, 4) is 5.75 Å². The highest BCUT2D eigenvalue weighted by Gasteiger charge is 2.04. The molecule has 0 unspecified atom stereocenters. The summed E-state index contributed by atoms with van der Waals surface area (Å²) < 4.78 is 5.72. The van der Waals surface area contributed by atoms with Crippen LogP contribution in [0.5, 0.6) is 5.75 Å². The van der Waals surface area contributed by atoms with Crippen molar-refractivity contribution in [1.29, 1.82) is 0 Å². The van der Waals surface area contributed by atoms with Gasteiger partial charge in [0.05, 0.1) is 6.61 Å². The summed E-state index contributed by atoms with van der Waals surface area (Å²) in [6.07, 6.45) is 2.29. The molecule has 0 fully saturated rings. The van der Waals surface area contributed by atoms with E-state index in [0.717, 1.165) is 37.2 Å². The summed E-state index contributed by atoms with van der Waals surface area (Å²) >= 11 is 4.94. The second-order valence-electron chi connectivity index (χ2n) is 4.66. The van der Waals surface area contributed by atoms with Gasteiger partial charge in [-0.15, -0.1) is 0 Å². The maximum atomic E-state index is 9.04. The van der Waals surface area contributed by atoms with E-state index >= 15 is 0 Å². The average molecular weight is 296 g/mol. The van der Waals surface area contributed by atoms with Gasteiger partial charge in [-0.2, -0.15) is 0 Å². The van der Waals surface area contributed by atoms with Gasteiger partial charge in [0, 0.05) is 18.7 Å². The first-order chi connectivity index (χ1) is 9.67. The van der Waals surface area contributed by atoms with Crippen LogP contribution in [0.15, 0.2) is 24.3 Å². The summed E-state index contributed by atoms with van der Waals surface area (Å²) in [5.74, 6) is 0.773. The third-order valence-corrected chi connectivity index (χ3v) is 3.27. The average Bonchev–Trinajstić information content (AvgIpc) is 2.45. The highest BCUT2D eigenvalue weighted by molar-refractivity contribution is 7.80. The number of nitrogens with zero attached hydrogens (tertiary/aromatic N) is 1. The molecule has 0 radical (unpaired) electrons. The molecule has 0 saturated heterocycles. The van der Waals surface area contributed by atoms with Gasteiger partial charge in [-0.1, -0.05) is 37.7 Å². The monoisotopic (exact) mass is 296 g/mol. The minimum atomic E-state index is 0.181.